The van der Waals surface area contributed by atoms with Crippen LogP contribution < -0.4 is 15.4 Å². The van der Waals surface area contributed by atoms with Crippen molar-refractivity contribution in [3.8, 4) is 5.75 Å². The number of ether oxygens (including phenoxy) is 4. The van der Waals surface area contributed by atoms with E-state index < -0.39 is 29.6 Å². The van der Waals surface area contributed by atoms with Gasteiger partial charge in [0, 0.05) is 23.8 Å². The number of ketones is 1. The van der Waals surface area contributed by atoms with E-state index in [1.54, 1.807) is 39.8 Å². The molecule has 0 aliphatic carbocycles. The van der Waals surface area contributed by atoms with E-state index in [0.717, 1.165) is 0 Å². The molecule has 2 rings (SSSR count). The minimum absolute atomic E-state index is 0.134. The van der Waals surface area contributed by atoms with Crippen molar-refractivity contribution in [2.75, 3.05) is 26.9 Å². The number of esters is 1. The summed E-state index contributed by atoms with van der Waals surface area (Å²) in [4.78, 5) is 48.8. The van der Waals surface area contributed by atoms with E-state index in [1.165, 1.54) is 43.5 Å². The Kier molecular flexibility index (Phi) is 11.0. The third-order valence-electron chi connectivity index (χ3n) is 4.85. The number of amidine groups is 1. The molecule has 1 atom stereocenters. The van der Waals surface area contributed by atoms with Crippen molar-refractivity contribution in [1.29, 1.82) is 5.41 Å². The van der Waals surface area contributed by atoms with Gasteiger partial charge in [0.25, 0.3) is 5.91 Å². The number of alkyl carbamates (subject to hydrolysis) is 1. The standard InChI is InChI=1S/C27H33N3O8/c1-17(23(32)18-10-12-21(13-11-18)37-16-22(31)36-15-14-35-5)29-25(33)20-8-6-19(7-9-20)24(28)30-26(34)38-27(2,3)4/h6-13,17H,14-16H2,1-5H3,(H,29,33)(H2,28,30,34)/t17-/m0/s1. The lowest BCUT2D eigenvalue weighted by Crippen LogP contribution is -2.38. The molecule has 2 aromatic carbocycles. The molecular formula is C27H33N3O8. The summed E-state index contributed by atoms with van der Waals surface area (Å²) in [6.45, 7) is 6.85. The molecule has 0 aromatic heterocycles. The maximum absolute atomic E-state index is 12.8. The Morgan fingerprint density at radius 3 is 2.05 bits per heavy atom. The highest BCUT2D eigenvalue weighted by molar-refractivity contribution is 6.06. The minimum atomic E-state index is -0.822. The fraction of sp³-hybridized carbons (Fsp3) is 0.370. The van der Waals surface area contributed by atoms with E-state index in [9.17, 15) is 19.2 Å². The van der Waals surface area contributed by atoms with Gasteiger partial charge < -0.3 is 24.3 Å². The summed E-state index contributed by atoms with van der Waals surface area (Å²) in [7, 11) is 1.50. The van der Waals surface area contributed by atoms with Crippen LogP contribution in [0.5, 0.6) is 5.75 Å². The van der Waals surface area contributed by atoms with Crippen LogP contribution in [0.2, 0.25) is 0 Å². The number of methoxy groups -OCH3 is 1. The Morgan fingerprint density at radius 2 is 1.47 bits per heavy atom. The first-order valence-electron chi connectivity index (χ1n) is 11.8. The van der Waals surface area contributed by atoms with E-state index in [4.69, 9.17) is 24.4 Å². The second kappa shape index (κ2) is 13.9. The molecule has 0 saturated heterocycles. The lowest BCUT2D eigenvalue weighted by Gasteiger charge is -2.19. The molecule has 3 N–H and O–H groups in total. The molecule has 0 heterocycles. The zero-order chi connectivity index (χ0) is 28.3. The van der Waals surface area contributed by atoms with E-state index >= 15 is 0 Å². The molecule has 2 amide bonds. The second-order valence-electron chi connectivity index (χ2n) is 9.16. The fourth-order valence-electron chi connectivity index (χ4n) is 3.00. The van der Waals surface area contributed by atoms with Crippen LogP contribution in [0.15, 0.2) is 48.5 Å². The third kappa shape index (κ3) is 10.0. The van der Waals surface area contributed by atoms with Crippen LogP contribution in [0.1, 0.15) is 54.0 Å². The third-order valence-corrected chi connectivity index (χ3v) is 4.85. The summed E-state index contributed by atoms with van der Waals surface area (Å²) in [5, 5.41) is 13.0. The Bertz CT molecular complexity index is 1140. The van der Waals surface area contributed by atoms with Crippen molar-refractivity contribution in [2.45, 2.75) is 39.3 Å². The lowest BCUT2D eigenvalue weighted by atomic mass is 10.0. The van der Waals surface area contributed by atoms with E-state index in [1.807, 2.05) is 0 Å². The lowest BCUT2D eigenvalue weighted by molar-refractivity contribution is -0.147. The van der Waals surface area contributed by atoms with Crippen molar-refractivity contribution >= 4 is 29.6 Å². The molecule has 0 radical (unpaired) electrons. The zero-order valence-electron chi connectivity index (χ0n) is 22.1. The molecule has 0 bridgehead atoms. The smallest absolute Gasteiger partial charge is 0.413 e. The van der Waals surface area contributed by atoms with Crippen LogP contribution in [0.25, 0.3) is 0 Å². The van der Waals surface area contributed by atoms with Gasteiger partial charge in [-0.1, -0.05) is 12.1 Å². The van der Waals surface area contributed by atoms with Crippen molar-refractivity contribution in [3.05, 3.63) is 65.2 Å². The van der Waals surface area contributed by atoms with Crippen molar-refractivity contribution in [2.24, 2.45) is 0 Å². The molecule has 204 valence electrons. The Morgan fingerprint density at radius 1 is 0.895 bits per heavy atom. The second-order valence-corrected chi connectivity index (χ2v) is 9.16. The summed E-state index contributed by atoms with van der Waals surface area (Å²) < 4.78 is 20.2. The number of hydrogen-bond acceptors (Lipinski definition) is 9. The topological polar surface area (TPSA) is 153 Å². The Labute approximate surface area is 221 Å². The van der Waals surface area contributed by atoms with Crippen molar-refractivity contribution in [1.82, 2.24) is 10.6 Å². The Hall–Kier alpha value is -4.25. The number of carbonyl (C=O) groups is 4. The van der Waals surface area contributed by atoms with Crippen LogP contribution >= 0.6 is 0 Å². The molecule has 0 aliphatic heterocycles. The van der Waals surface area contributed by atoms with Crippen LogP contribution in [0, 0.1) is 5.41 Å². The molecule has 38 heavy (non-hydrogen) atoms. The van der Waals surface area contributed by atoms with E-state index in [0.29, 0.717) is 23.5 Å². The van der Waals surface area contributed by atoms with Crippen LogP contribution in [-0.4, -0.2) is 68.2 Å². The van der Waals surface area contributed by atoms with Gasteiger partial charge in [-0.15, -0.1) is 0 Å². The van der Waals surface area contributed by atoms with Gasteiger partial charge in [0.2, 0.25) is 0 Å². The fourth-order valence-corrected chi connectivity index (χ4v) is 3.00. The first-order valence-corrected chi connectivity index (χ1v) is 11.8. The molecule has 0 unspecified atom stereocenters. The summed E-state index contributed by atoms with van der Waals surface area (Å²) in [5.74, 6) is -1.12. The van der Waals surface area contributed by atoms with Gasteiger partial charge in [-0.25, -0.2) is 9.59 Å². The molecule has 0 spiro atoms. The van der Waals surface area contributed by atoms with Crippen LogP contribution in [0.3, 0.4) is 0 Å². The van der Waals surface area contributed by atoms with Gasteiger partial charge >= 0.3 is 12.1 Å². The van der Waals surface area contributed by atoms with E-state index in [-0.39, 0.29) is 30.4 Å². The largest absolute Gasteiger partial charge is 0.482 e. The number of hydrogen-bond donors (Lipinski definition) is 3. The maximum atomic E-state index is 12.8. The summed E-state index contributed by atoms with van der Waals surface area (Å²) >= 11 is 0. The first kappa shape index (κ1) is 30.0. The normalized spacial score (nSPS) is 11.6. The minimum Gasteiger partial charge on any atom is -0.482 e. The number of amides is 2. The molecule has 11 nitrogen and oxygen atoms in total. The SMILES string of the molecule is COCCOC(=O)COc1ccc(C(=O)[C@H](C)NC(=O)c2ccc(C(=N)NC(=O)OC(C)(C)C)cc2)cc1. The molecular weight excluding hydrogens is 494 g/mol. The van der Waals surface area contributed by atoms with E-state index in [2.05, 4.69) is 10.6 Å². The van der Waals surface area contributed by atoms with Gasteiger partial charge in [0.15, 0.2) is 12.4 Å². The predicted octanol–water partition coefficient (Wildman–Crippen LogP) is 3.11. The van der Waals surface area contributed by atoms with Gasteiger partial charge in [-0.3, -0.25) is 20.3 Å². The highest BCUT2D eigenvalue weighted by Crippen LogP contribution is 2.14. The quantitative estimate of drug-likeness (QED) is 0.132. The number of nitrogens with one attached hydrogen (secondary N) is 3. The Balaban J connectivity index is 1.88. The monoisotopic (exact) mass is 527 g/mol. The first-order chi connectivity index (χ1) is 17.9. The van der Waals surface area contributed by atoms with Gasteiger partial charge in [0.05, 0.1) is 12.6 Å². The summed E-state index contributed by atoms with van der Waals surface area (Å²) in [6.07, 6.45) is -0.753. The number of Topliss-reactive ketones (excluding diaryl/α,β-unsaturated/α-hetero) is 1. The van der Waals surface area contributed by atoms with Crippen LogP contribution in [-0.2, 0) is 19.0 Å². The molecule has 0 aliphatic rings. The number of carbonyl (C=O) groups excluding carboxylic acids is 4. The molecule has 0 fully saturated rings. The average Bonchev–Trinajstić information content (AvgIpc) is 2.86. The van der Waals surface area contributed by atoms with Crippen LogP contribution in [0.4, 0.5) is 4.79 Å². The summed E-state index contributed by atoms with van der Waals surface area (Å²) in [6, 6.07) is 11.3. The summed E-state index contributed by atoms with van der Waals surface area (Å²) in [5.41, 5.74) is 0.308. The number of benzene rings is 2. The van der Waals surface area contributed by atoms with Gasteiger partial charge in [0.1, 0.15) is 23.8 Å². The van der Waals surface area contributed by atoms with Crippen molar-refractivity contribution < 1.29 is 38.1 Å². The average molecular weight is 528 g/mol. The zero-order valence-corrected chi connectivity index (χ0v) is 22.1. The highest BCUT2D eigenvalue weighted by atomic mass is 16.6. The highest BCUT2D eigenvalue weighted by Gasteiger charge is 2.20. The predicted molar refractivity (Wildman–Crippen MR) is 139 cm³/mol. The van der Waals surface area contributed by atoms with Gasteiger partial charge in [-0.2, -0.15) is 0 Å². The van der Waals surface area contributed by atoms with Crippen molar-refractivity contribution in [3.63, 3.8) is 0 Å². The molecule has 0 saturated carbocycles. The maximum Gasteiger partial charge on any atom is 0.413 e. The molecule has 2 aromatic rings. The molecule has 11 heteroatoms. The van der Waals surface area contributed by atoms with Gasteiger partial charge in [-0.05, 0) is 64.1 Å². The number of rotatable bonds is 11.